The molecule has 160 valence electrons. The van der Waals surface area contributed by atoms with Crippen LogP contribution in [0.3, 0.4) is 0 Å². The lowest BCUT2D eigenvalue weighted by Gasteiger charge is -2.30. The Kier molecular flexibility index (Phi) is 5.42. The Balaban J connectivity index is 1.21. The summed E-state index contributed by atoms with van der Waals surface area (Å²) in [6, 6.07) is 14.8. The van der Waals surface area contributed by atoms with Gasteiger partial charge in [0.15, 0.2) is 0 Å². The van der Waals surface area contributed by atoms with E-state index in [9.17, 15) is 4.79 Å². The minimum Gasteiger partial charge on any atom is -0.347 e. The maximum absolute atomic E-state index is 12.5. The number of nitrogens with zero attached hydrogens (tertiary/aromatic N) is 4. The Morgan fingerprint density at radius 3 is 2.90 bits per heavy atom. The van der Waals surface area contributed by atoms with Gasteiger partial charge in [-0.2, -0.15) is 5.10 Å². The molecule has 1 fully saturated rings. The van der Waals surface area contributed by atoms with Crippen molar-refractivity contribution in [3.63, 3.8) is 0 Å². The molecule has 5 rings (SSSR count). The van der Waals surface area contributed by atoms with Gasteiger partial charge in [-0.1, -0.05) is 24.3 Å². The molecule has 3 aromatic rings. The second kappa shape index (κ2) is 8.51. The molecule has 2 aliphatic rings. The molecule has 0 spiro atoms. The van der Waals surface area contributed by atoms with Gasteiger partial charge in [0.05, 0.1) is 11.7 Å². The number of carbonyl (C=O) groups is 1. The molecule has 2 aliphatic heterocycles. The van der Waals surface area contributed by atoms with Crippen molar-refractivity contribution in [3.8, 4) is 0 Å². The number of H-pyrrole nitrogens is 1. The summed E-state index contributed by atoms with van der Waals surface area (Å²) in [4.78, 5) is 21.8. The minimum atomic E-state index is -0.169. The highest BCUT2D eigenvalue weighted by atomic mass is 16.1. The van der Waals surface area contributed by atoms with Gasteiger partial charge in [-0.05, 0) is 68.6 Å². The van der Waals surface area contributed by atoms with Crippen LogP contribution in [-0.4, -0.2) is 46.1 Å². The van der Waals surface area contributed by atoms with Crippen LogP contribution in [0.1, 0.15) is 52.6 Å². The van der Waals surface area contributed by atoms with E-state index >= 15 is 0 Å². The number of hydrogen-bond donors (Lipinski definition) is 2. The second-order valence-corrected chi connectivity index (χ2v) is 8.44. The fraction of sp³-hybridized carbons (Fsp3) is 0.375. The lowest BCUT2D eigenvalue weighted by Crippen LogP contribution is -2.25. The van der Waals surface area contributed by atoms with Crippen LogP contribution in [0.25, 0.3) is 0 Å². The first-order valence-electron chi connectivity index (χ1n) is 11.0. The van der Waals surface area contributed by atoms with Crippen LogP contribution in [0.4, 0.5) is 11.5 Å². The van der Waals surface area contributed by atoms with E-state index in [-0.39, 0.29) is 5.91 Å². The van der Waals surface area contributed by atoms with Crippen molar-refractivity contribution >= 4 is 17.4 Å². The van der Waals surface area contributed by atoms with Crippen molar-refractivity contribution in [3.05, 3.63) is 71.2 Å². The standard InChI is InChI=1S/C24H28N6O/c1-29-12-5-9-22(29)19-14-20(28-27-19)24(31)26-16-17-10-11-23(25-15-17)30-13-4-7-18-6-2-3-8-21(18)30/h2-3,6,8,10-11,14-15,22H,4-5,7,9,12-13,16H2,1H3,(H,26,31)(H,27,28). The number of fused-ring (bicyclic) bond motifs is 1. The zero-order chi connectivity index (χ0) is 21.2. The molecule has 1 saturated heterocycles. The zero-order valence-corrected chi connectivity index (χ0v) is 17.8. The maximum atomic E-state index is 12.5. The van der Waals surface area contributed by atoms with Gasteiger partial charge in [0, 0.05) is 25.0 Å². The maximum Gasteiger partial charge on any atom is 0.272 e. The van der Waals surface area contributed by atoms with Crippen LogP contribution in [0.15, 0.2) is 48.7 Å². The molecule has 4 heterocycles. The molecule has 0 saturated carbocycles. The highest BCUT2D eigenvalue weighted by Crippen LogP contribution is 2.32. The summed E-state index contributed by atoms with van der Waals surface area (Å²) in [6.45, 7) is 2.48. The predicted octanol–water partition coefficient (Wildman–Crippen LogP) is 3.59. The molecule has 2 aromatic heterocycles. The highest BCUT2D eigenvalue weighted by Gasteiger charge is 2.25. The van der Waals surface area contributed by atoms with Gasteiger partial charge in [-0.15, -0.1) is 0 Å². The van der Waals surface area contributed by atoms with Gasteiger partial charge >= 0.3 is 0 Å². The van der Waals surface area contributed by atoms with Gasteiger partial charge in [0.25, 0.3) is 5.91 Å². The quantitative estimate of drug-likeness (QED) is 0.665. The fourth-order valence-corrected chi connectivity index (χ4v) is 4.65. The lowest BCUT2D eigenvalue weighted by molar-refractivity contribution is 0.0946. The van der Waals surface area contributed by atoms with E-state index in [1.54, 1.807) is 0 Å². The van der Waals surface area contributed by atoms with Gasteiger partial charge < -0.3 is 10.2 Å². The van der Waals surface area contributed by atoms with Gasteiger partial charge in [0.2, 0.25) is 0 Å². The van der Waals surface area contributed by atoms with Crippen molar-refractivity contribution in [2.45, 2.75) is 38.3 Å². The van der Waals surface area contributed by atoms with Crippen molar-refractivity contribution in [2.75, 3.05) is 25.0 Å². The van der Waals surface area contributed by atoms with E-state index in [1.165, 1.54) is 17.7 Å². The first-order chi connectivity index (χ1) is 15.2. The Morgan fingerprint density at radius 1 is 1.19 bits per heavy atom. The van der Waals surface area contributed by atoms with E-state index in [0.29, 0.717) is 18.3 Å². The summed E-state index contributed by atoms with van der Waals surface area (Å²) in [5.74, 6) is 0.775. The molecule has 2 N–H and O–H groups in total. The average Bonchev–Trinajstić information content (AvgIpc) is 3.46. The third kappa shape index (κ3) is 4.05. The number of likely N-dealkylation sites (tertiary alicyclic amines) is 1. The van der Waals surface area contributed by atoms with E-state index in [4.69, 9.17) is 0 Å². The molecule has 7 nitrogen and oxygen atoms in total. The molecular formula is C24H28N6O. The van der Waals surface area contributed by atoms with Gasteiger partial charge in [-0.3, -0.25) is 14.8 Å². The molecule has 7 heteroatoms. The number of aromatic nitrogens is 3. The molecular weight excluding hydrogens is 388 g/mol. The number of para-hydroxylation sites is 1. The number of anilines is 2. The first-order valence-corrected chi connectivity index (χ1v) is 11.0. The summed E-state index contributed by atoms with van der Waals surface area (Å²) in [6.07, 6.45) is 6.35. The van der Waals surface area contributed by atoms with E-state index in [2.05, 4.69) is 61.6 Å². The van der Waals surface area contributed by atoms with E-state index in [0.717, 1.165) is 49.4 Å². The van der Waals surface area contributed by atoms with Gasteiger partial charge in [-0.25, -0.2) is 4.98 Å². The molecule has 0 radical (unpaired) electrons. The smallest absolute Gasteiger partial charge is 0.272 e. The molecule has 1 unspecified atom stereocenters. The van der Waals surface area contributed by atoms with Gasteiger partial charge in [0.1, 0.15) is 11.5 Å². The van der Waals surface area contributed by atoms with Crippen LogP contribution in [-0.2, 0) is 13.0 Å². The van der Waals surface area contributed by atoms with Crippen molar-refractivity contribution < 1.29 is 4.79 Å². The summed E-state index contributed by atoms with van der Waals surface area (Å²) < 4.78 is 0. The summed E-state index contributed by atoms with van der Waals surface area (Å²) >= 11 is 0. The number of pyridine rings is 1. The Labute approximate surface area is 182 Å². The number of aromatic amines is 1. The lowest BCUT2D eigenvalue weighted by atomic mass is 10.0. The number of benzene rings is 1. The van der Waals surface area contributed by atoms with Crippen LogP contribution >= 0.6 is 0 Å². The van der Waals surface area contributed by atoms with E-state index in [1.807, 2.05) is 24.4 Å². The second-order valence-electron chi connectivity index (χ2n) is 8.44. The topological polar surface area (TPSA) is 77.2 Å². The molecule has 0 aliphatic carbocycles. The number of amides is 1. The Hall–Kier alpha value is -3.19. The first kappa shape index (κ1) is 19.8. The van der Waals surface area contributed by atoms with Crippen molar-refractivity contribution in [2.24, 2.45) is 0 Å². The SMILES string of the molecule is CN1CCCC1c1cc(C(=O)NCc2ccc(N3CCCc4ccccc43)nc2)n[nH]1. The summed E-state index contributed by atoms with van der Waals surface area (Å²) in [7, 11) is 2.11. The molecule has 1 atom stereocenters. The minimum absolute atomic E-state index is 0.169. The third-order valence-electron chi connectivity index (χ3n) is 6.36. The largest absolute Gasteiger partial charge is 0.347 e. The molecule has 1 aromatic carbocycles. The molecule has 1 amide bonds. The fourth-order valence-electron chi connectivity index (χ4n) is 4.65. The van der Waals surface area contributed by atoms with Crippen molar-refractivity contribution in [1.29, 1.82) is 0 Å². The van der Waals surface area contributed by atoms with Crippen molar-refractivity contribution in [1.82, 2.24) is 25.4 Å². The predicted molar refractivity (Wildman–Crippen MR) is 120 cm³/mol. The summed E-state index contributed by atoms with van der Waals surface area (Å²) in [5, 5.41) is 10.2. The van der Waals surface area contributed by atoms with Crippen LogP contribution in [0.5, 0.6) is 0 Å². The van der Waals surface area contributed by atoms with E-state index < -0.39 is 0 Å². The van der Waals surface area contributed by atoms with Crippen LogP contribution in [0.2, 0.25) is 0 Å². The molecule has 31 heavy (non-hydrogen) atoms. The summed E-state index contributed by atoms with van der Waals surface area (Å²) in [5.41, 5.74) is 5.02. The zero-order valence-electron chi connectivity index (χ0n) is 17.8. The number of rotatable bonds is 5. The van der Waals surface area contributed by atoms with Crippen LogP contribution in [0, 0.1) is 0 Å². The Morgan fingerprint density at radius 2 is 2.10 bits per heavy atom. The number of carbonyl (C=O) groups excluding carboxylic acids is 1. The number of hydrogen-bond acceptors (Lipinski definition) is 5. The number of aryl methyl sites for hydroxylation is 1. The number of nitrogens with one attached hydrogen (secondary N) is 2. The monoisotopic (exact) mass is 416 g/mol. The van der Waals surface area contributed by atoms with Crippen LogP contribution < -0.4 is 10.2 Å². The molecule has 0 bridgehead atoms. The third-order valence-corrected chi connectivity index (χ3v) is 6.36. The Bertz CT molecular complexity index is 1060. The highest BCUT2D eigenvalue weighted by molar-refractivity contribution is 5.92. The average molecular weight is 417 g/mol. The normalized spacial score (nSPS) is 18.7.